The van der Waals surface area contributed by atoms with E-state index in [4.69, 9.17) is 0 Å². The molecule has 1 aliphatic carbocycles. The van der Waals surface area contributed by atoms with Crippen LogP contribution in [0.4, 0.5) is 11.4 Å². The van der Waals surface area contributed by atoms with E-state index in [0.717, 1.165) is 4.47 Å². The van der Waals surface area contributed by atoms with Crippen molar-refractivity contribution in [2.75, 3.05) is 4.90 Å². The van der Waals surface area contributed by atoms with Gasteiger partial charge in [0.1, 0.15) is 0 Å². The van der Waals surface area contributed by atoms with Gasteiger partial charge >= 0.3 is 0 Å². The molecule has 0 spiro atoms. The standard InChI is InChI=1S/C20H22BrN/c1-19-12-5-6-13-20(19,2)22(16-9-7-8-15(21)14-16)18-11-4-3-10-17(18)19/h3-4,7-11,14H,5-6,12-13H2,1-2H3. The quantitative estimate of drug-likeness (QED) is 0.589. The van der Waals surface area contributed by atoms with Crippen molar-refractivity contribution in [2.24, 2.45) is 0 Å². The lowest BCUT2D eigenvalue weighted by atomic mass is 9.61. The van der Waals surface area contributed by atoms with Crippen molar-refractivity contribution in [2.45, 2.75) is 50.5 Å². The van der Waals surface area contributed by atoms with Crippen LogP contribution in [0.1, 0.15) is 45.1 Å². The van der Waals surface area contributed by atoms with Crippen molar-refractivity contribution < 1.29 is 0 Å². The zero-order chi connectivity index (χ0) is 15.4. The largest absolute Gasteiger partial charge is 0.334 e. The summed E-state index contributed by atoms with van der Waals surface area (Å²) in [5, 5.41) is 0. The van der Waals surface area contributed by atoms with Crippen LogP contribution in [0.25, 0.3) is 0 Å². The Balaban J connectivity index is 1.97. The first-order chi connectivity index (χ1) is 10.6. The molecule has 2 aliphatic rings. The molecule has 0 bridgehead atoms. The first kappa shape index (κ1) is 14.3. The van der Waals surface area contributed by atoms with Crippen LogP contribution >= 0.6 is 15.9 Å². The summed E-state index contributed by atoms with van der Waals surface area (Å²) in [5.74, 6) is 0. The van der Waals surface area contributed by atoms with Crippen LogP contribution in [0, 0.1) is 0 Å². The summed E-state index contributed by atoms with van der Waals surface area (Å²) in [6.45, 7) is 4.94. The Hall–Kier alpha value is -1.28. The Kier molecular flexibility index (Phi) is 3.16. The SMILES string of the molecule is CC12CCCCC1(C)N(c1cccc(Br)c1)c1ccccc12. The average molecular weight is 356 g/mol. The van der Waals surface area contributed by atoms with Crippen LogP contribution in [-0.4, -0.2) is 5.54 Å². The number of halogens is 1. The molecule has 0 radical (unpaired) electrons. The predicted octanol–water partition coefficient (Wildman–Crippen LogP) is 6.19. The van der Waals surface area contributed by atoms with Crippen molar-refractivity contribution >= 4 is 27.3 Å². The molecule has 1 fully saturated rings. The van der Waals surface area contributed by atoms with Gasteiger partial charge in [-0.3, -0.25) is 0 Å². The lowest BCUT2D eigenvalue weighted by Crippen LogP contribution is -2.54. The molecule has 2 aromatic rings. The maximum absolute atomic E-state index is 3.64. The van der Waals surface area contributed by atoms with E-state index < -0.39 is 0 Å². The van der Waals surface area contributed by atoms with Gasteiger partial charge in [0.15, 0.2) is 0 Å². The molecule has 2 atom stereocenters. The molecule has 22 heavy (non-hydrogen) atoms. The van der Waals surface area contributed by atoms with E-state index in [2.05, 4.69) is 83.2 Å². The number of nitrogens with zero attached hydrogens (tertiary/aromatic N) is 1. The topological polar surface area (TPSA) is 3.24 Å². The molecule has 0 saturated heterocycles. The van der Waals surface area contributed by atoms with E-state index in [1.807, 2.05) is 0 Å². The molecular weight excluding hydrogens is 334 g/mol. The van der Waals surface area contributed by atoms with Gasteiger partial charge in [0, 0.05) is 21.3 Å². The van der Waals surface area contributed by atoms with Gasteiger partial charge in [0.2, 0.25) is 0 Å². The van der Waals surface area contributed by atoms with E-state index in [-0.39, 0.29) is 11.0 Å². The molecular formula is C20H22BrN. The van der Waals surface area contributed by atoms with Crippen molar-refractivity contribution in [3.05, 3.63) is 58.6 Å². The molecule has 1 aliphatic heterocycles. The van der Waals surface area contributed by atoms with E-state index in [9.17, 15) is 0 Å². The molecule has 2 unspecified atom stereocenters. The fraction of sp³-hybridized carbons (Fsp3) is 0.400. The minimum Gasteiger partial charge on any atom is -0.334 e. The lowest BCUT2D eigenvalue weighted by Gasteiger charge is -2.50. The minimum atomic E-state index is 0.162. The Morgan fingerprint density at radius 3 is 2.55 bits per heavy atom. The van der Waals surface area contributed by atoms with Gasteiger partial charge in [-0.15, -0.1) is 0 Å². The van der Waals surface area contributed by atoms with Crippen molar-refractivity contribution in [3.63, 3.8) is 0 Å². The summed E-state index contributed by atoms with van der Waals surface area (Å²) >= 11 is 3.64. The maximum atomic E-state index is 3.64. The Bertz CT molecular complexity index is 725. The predicted molar refractivity (Wildman–Crippen MR) is 96.9 cm³/mol. The van der Waals surface area contributed by atoms with Crippen LogP contribution in [0.5, 0.6) is 0 Å². The zero-order valence-corrected chi connectivity index (χ0v) is 14.9. The van der Waals surface area contributed by atoms with Gasteiger partial charge in [0.05, 0.1) is 5.54 Å². The van der Waals surface area contributed by atoms with E-state index in [1.54, 1.807) is 0 Å². The normalized spacial score (nSPS) is 30.0. The third kappa shape index (κ3) is 1.76. The molecule has 114 valence electrons. The molecule has 0 N–H and O–H groups in total. The highest BCUT2D eigenvalue weighted by Gasteiger charge is 2.57. The van der Waals surface area contributed by atoms with Crippen molar-refractivity contribution in [1.82, 2.24) is 0 Å². The highest BCUT2D eigenvalue weighted by Crippen LogP contribution is 2.60. The highest BCUT2D eigenvalue weighted by molar-refractivity contribution is 9.10. The van der Waals surface area contributed by atoms with Crippen LogP contribution in [0.3, 0.4) is 0 Å². The molecule has 0 amide bonds. The fourth-order valence-corrected chi connectivity index (χ4v) is 5.10. The summed E-state index contributed by atoms with van der Waals surface area (Å²) in [6.07, 6.45) is 5.20. The second-order valence-electron chi connectivity index (χ2n) is 7.15. The summed E-state index contributed by atoms with van der Waals surface area (Å²) in [6, 6.07) is 17.8. The van der Waals surface area contributed by atoms with Gasteiger partial charge in [-0.25, -0.2) is 0 Å². The number of hydrogen-bond acceptors (Lipinski definition) is 1. The van der Waals surface area contributed by atoms with Crippen LogP contribution < -0.4 is 4.90 Å². The number of hydrogen-bond donors (Lipinski definition) is 0. The summed E-state index contributed by atoms with van der Waals surface area (Å²) in [5.41, 5.74) is 4.62. The number of fused-ring (bicyclic) bond motifs is 3. The Morgan fingerprint density at radius 2 is 1.73 bits per heavy atom. The lowest BCUT2D eigenvalue weighted by molar-refractivity contribution is 0.195. The van der Waals surface area contributed by atoms with Crippen LogP contribution in [0.2, 0.25) is 0 Å². The van der Waals surface area contributed by atoms with Gasteiger partial charge in [-0.05, 0) is 49.6 Å². The van der Waals surface area contributed by atoms with Gasteiger partial charge in [-0.1, -0.05) is 60.0 Å². The number of anilines is 2. The smallest absolute Gasteiger partial charge is 0.0517 e. The first-order valence-corrected chi connectivity index (χ1v) is 9.01. The monoisotopic (exact) mass is 355 g/mol. The van der Waals surface area contributed by atoms with Gasteiger partial charge in [0.25, 0.3) is 0 Å². The molecule has 2 aromatic carbocycles. The van der Waals surface area contributed by atoms with Crippen molar-refractivity contribution in [3.8, 4) is 0 Å². The number of para-hydroxylation sites is 1. The second kappa shape index (κ2) is 4.86. The van der Waals surface area contributed by atoms with Crippen LogP contribution in [-0.2, 0) is 5.41 Å². The Morgan fingerprint density at radius 1 is 0.955 bits per heavy atom. The third-order valence-corrected chi connectivity index (χ3v) is 6.57. The Labute approximate surface area is 141 Å². The average Bonchev–Trinajstić information content (AvgIpc) is 2.72. The summed E-state index contributed by atoms with van der Waals surface area (Å²) in [4.78, 5) is 2.60. The molecule has 0 aromatic heterocycles. The summed E-state index contributed by atoms with van der Waals surface area (Å²) < 4.78 is 1.15. The van der Waals surface area contributed by atoms with E-state index in [0.29, 0.717) is 0 Å². The molecule has 4 rings (SSSR count). The van der Waals surface area contributed by atoms with Gasteiger partial charge in [-0.2, -0.15) is 0 Å². The zero-order valence-electron chi connectivity index (χ0n) is 13.3. The van der Waals surface area contributed by atoms with Crippen LogP contribution in [0.15, 0.2) is 53.0 Å². The number of rotatable bonds is 1. The summed E-state index contributed by atoms with van der Waals surface area (Å²) in [7, 11) is 0. The highest BCUT2D eigenvalue weighted by atomic mass is 79.9. The molecule has 1 saturated carbocycles. The van der Waals surface area contributed by atoms with E-state index >= 15 is 0 Å². The van der Waals surface area contributed by atoms with E-state index in [1.165, 1.54) is 42.6 Å². The third-order valence-electron chi connectivity index (χ3n) is 6.08. The van der Waals surface area contributed by atoms with Gasteiger partial charge < -0.3 is 4.90 Å². The maximum Gasteiger partial charge on any atom is 0.0517 e. The molecule has 2 heteroatoms. The molecule has 1 heterocycles. The van der Waals surface area contributed by atoms with Crippen molar-refractivity contribution in [1.29, 1.82) is 0 Å². The first-order valence-electron chi connectivity index (χ1n) is 8.22. The number of benzene rings is 2. The second-order valence-corrected chi connectivity index (χ2v) is 8.06. The molecule has 1 nitrogen and oxygen atoms in total. The minimum absolute atomic E-state index is 0.162. The fourth-order valence-electron chi connectivity index (χ4n) is 4.72.